The van der Waals surface area contributed by atoms with Gasteiger partial charge >= 0.3 is 0 Å². The maximum absolute atomic E-state index is 8.60. The van der Waals surface area contributed by atoms with Crippen LogP contribution in [0.2, 0.25) is 0 Å². The number of allylic oxidation sites excluding steroid dienone is 3. The van der Waals surface area contributed by atoms with Crippen molar-refractivity contribution in [2.45, 2.75) is 19.3 Å². The van der Waals surface area contributed by atoms with Gasteiger partial charge in [-0.2, -0.15) is 4.79 Å². The normalized spacial score (nSPS) is 21.8. The minimum atomic E-state index is 0.623. The zero-order valence-electron chi connectivity index (χ0n) is 7.91. The van der Waals surface area contributed by atoms with Crippen LogP contribution in [0.15, 0.2) is 22.9 Å². The Kier molecular flexibility index (Phi) is 2.71. The van der Waals surface area contributed by atoms with Crippen molar-refractivity contribution in [3.8, 4) is 0 Å². The summed E-state index contributed by atoms with van der Waals surface area (Å²) in [5.74, 6) is 0. The Labute approximate surface area is 88.3 Å². The second-order valence-electron chi connectivity index (χ2n) is 3.57. The van der Waals surface area contributed by atoms with E-state index in [1.807, 2.05) is 6.08 Å². The summed E-state index contributed by atoms with van der Waals surface area (Å²) in [6.45, 7) is 2.17. The highest BCUT2D eigenvalue weighted by molar-refractivity contribution is 6.33. The van der Waals surface area contributed by atoms with Gasteiger partial charge < -0.3 is 10.4 Å². The molecule has 4 heteroatoms. The molecule has 0 spiro atoms. The standard InChI is InChI=1S/C10H12ClN3/c11-9-7-8(13-12)3-4-10(9)14-5-1-2-6-14/h4,7H,1-3,5-6H2. The highest BCUT2D eigenvalue weighted by atomic mass is 35.5. The molecule has 1 aliphatic carbocycles. The molecule has 0 amide bonds. The molecule has 0 radical (unpaired) electrons. The van der Waals surface area contributed by atoms with Crippen LogP contribution in [-0.2, 0) is 0 Å². The highest BCUT2D eigenvalue weighted by Crippen LogP contribution is 2.26. The van der Waals surface area contributed by atoms with Gasteiger partial charge in [-0.3, -0.25) is 0 Å². The van der Waals surface area contributed by atoms with Crippen LogP contribution < -0.4 is 0 Å². The summed E-state index contributed by atoms with van der Waals surface area (Å²) in [6.07, 6.45) is 6.90. The van der Waals surface area contributed by atoms with E-state index in [9.17, 15) is 0 Å². The zero-order chi connectivity index (χ0) is 9.97. The van der Waals surface area contributed by atoms with Crippen molar-refractivity contribution < 1.29 is 4.79 Å². The third-order valence-corrected chi connectivity index (χ3v) is 2.92. The molecule has 0 aromatic heterocycles. The molecule has 1 aliphatic heterocycles. The average Bonchev–Trinajstić information content (AvgIpc) is 2.70. The lowest BCUT2D eigenvalue weighted by Gasteiger charge is -2.22. The molecule has 74 valence electrons. The fraction of sp³-hybridized carbons (Fsp3) is 0.500. The van der Waals surface area contributed by atoms with Crippen molar-refractivity contribution in [3.05, 3.63) is 28.4 Å². The van der Waals surface area contributed by atoms with Crippen LogP contribution in [0.4, 0.5) is 0 Å². The fourth-order valence-corrected chi connectivity index (χ4v) is 2.21. The van der Waals surface area contributed by atoms with Gasteiger partial charge in [-0.15, -0.1) is 0 Å². The second kappa shape index (κ2) is 3.99. The van der Waals surface area contributed by atoms with Crippen LogP contribution in [0.5, 0.6) is 0 Å². The van der Waals surface area contributed by atoms with Gasteiger partial charge in [0.15, 0.2) is 0 Å². The maximum Gasteiger partial charge on any atom is 0.297 e. The first kappa shape index (κ1) is 9.50. The molecular formula is C10H12ClN3. The van der Waals surface area contributed by atoms with E-state index in [0.29, 0.717) is 17.2 Å². The van der Waals surface area contributed by atoms with E-state index in [0.717, 1.165) is 18.8 Å². The third-order valence-electron chi connectivity index (χ3n) is 2.62. The predicted molar refractivity (Wildman–Crippen MR) is 56.1 cm³/mol. The lowest BCUT2D eigenvalue weighted by Crippen LogP contribution is -2.21. The molecule has 0 bridgehead atoms. The Morgan fingerprint density at radius 2 is 2.07 bits per heavy atom. The summed E-state index contributed by atoms with van der Waals surface area (Å²) in [5, 5.41) is 0.686. The summed E-state index contributed by atoms with van der Waals surface area (Å²) >= 11 is 6.10. The summed E-state index contributed by atoms with van der Waals surface area (Å²) in [6, 6.07) is 0. The van der Waals surface area contributed by atoms with E-state index < -0.39 is 0 Å². The minimum absolute atomic E-state index is 0.623. The second-order valence-corrected chi connectivity index (χ2v) is 3.98. The molecule has 14 heavy (non-hydrogen) atoms. The third kappa shape index (κ3) is 1.74. The van der Waals surface area contributed by atoms with Gasteiger partial charge in [0.05, 0.1) is 17.2 Å². The van der Waals surface area contributed by atoms with Crippen LogP contribution >= 0.6 is 11.6 Å². The molecule has 2 aliphatic rings. The van der Waals surface area contributed by atoms with Crippen molar-refractivity contribution >= 4 is 17.3 Å². The van der Waals surface area contributed by atoms with Gasteiger partial charge in [0.1, 0.15) is 0 Å². The van der Waals surface area contributed by atoms with Gasteiger partial charge in [0, 0.05) is 19.2 Å². The van der Waals surface area contributed by atoms with Crippen molar-refractivity contribution in [2.24, 2.45) is 0 Å². The number of likely N-dealkylation sites (tertiary alicyclic amines) is 1. The first-order chi connectivity index (χ1) is 6.81. The van der Waals surface area contributed by atoms with Gasteiger partial charge in [-0.1, -0.05) is 11.6 Å². The van der Waals surface area contributed by atoms with Gasteiger partial charge in [-0.25, -0.2) is 0 Å². The van der Waals surface area contributed by atoms with Crippen molar-refractivity contribution in [1.29, 1.82) is 0 Å². The first-order valence-corrected chi connectivity index (χ1v) is 5.22. The molecule has 0 N–H and O–H groups in total. The Balaban J connectivity index is 2.18. The zero-order valence-corrected chi connectivity index (χ0v) is 8.67. The van der Waals surface area contributed by atoms with Crippen molar-refractivity contribution in [3.63, 3.8) is 0 Å². The molecule has 0 unspecified atom stereocenters. The van der Waals surface area contributed by atoms with Gasteiger partial charge in [-0.05, 0) is 18.9 Å². The molecule has 0 aromatic rings. The van der Waals surface area contributed by atoms with Crippen LogP contribution in [0, 0.1) is 0 Å². The highest BCUT2D eigenvalue weighted by Gasteiger charge is 2.21. The van der Waals surface area contributed by atoms with Crippen LogP contribution in [-0.4, -0.2) is 28.5 Å². The van der Waals surface area contributed by atoms with Gasteiger partial charge in [0.2, 0.25) is 0 Å². The topological polar surface area (TPSA) is 39.6 Å². The SMILES string of the molecule is [N-]=[N+]=C1C=C(Cl)C(N2CCCC2)=CC1. The minimum Gasteiger partial charge on any atom is -0.371 e. The van der Waals surface area contributed by atoms with Crippen LogP contribution in [0.25, 0.3) is 5.53 Å². The molecule has 3 nitrogen and oxygen atoms in total. The summed E-state index contributed by atoms with van der Waals surface area (Å²) in [5.41, 5.74) is 10.3. The Morgan fingerprint density at radius 3 is 2.64 bits per heavy atom. The summed E-state index contributed by atoms with van der Waals surface area (Å²) < 4.78 is 0. The Morgan fingerprint density at radius 1 is 1.36 bits per heavy atom. The van der Waals surface area contributed by atoms with E-state index in [-0.39, 0.29) is 0 Å². The van der Waals surface area contributed by atoms with E-state index >= 15 is 0 Å². The fourth-order valence-electron chi connectivity index (χ4n) is 1.89. The van der Waals surface area contributed by atoms with Crippen LogP contribution in [0.1, 0.15) is 19.3 Å². The first-order valence-electron chi connectivity index (χ1n) is 4.85. The van der Waals surface area contributed by atoms with E-state index in [2.05, 4.69) is 9.69 Å². The molecule has 0 atom stereocenters. The van der Waals surface area contributed by atoms with Gasteiger partial charge in [0.25, 0.3) is 5.71 Å². The average molecular weight is 210 g/mol. The lowest BCUT2D eigenvalue weighted by molar-refractivity contribution is -0.00549. The van der Waals surface area contributed by atoms with E-state index in [1.165, 1.54) is 12.8 Å². The van der Waals surface area contributed by atoms with Crippen LogP contribution in [0.3, 0.4) is 0 Å². The number of rotatable bonds is 1. The molecule has 0 aromatic carbocycles. The Bertz CT molecular complexity index is 344. The number of hydrogen-bond donors (Lipinski definition) is 0. The lowest BCUT2D eigenvalue weighted by atomic mass is 10.1. The summed E-state index contributed by atoms with van der Waals surface area (Å²) in [7, 11) is 0. The van der Waals surface area contributed by atoms with Crippen molar-refractivity contribution in [1.82, 2.24) is 4.90 Å². The molecular weight excluding hydrogens is 198 g/mol. The molecule has 2 rings (SSSR count). The predicted octanol–water partition coefficient (Wildman–Crippen LogP) is 2.16. The van der Waals surface area contributed by atoms with E-state index in [1.54, 1.807) is 6.08 Å². The quantitative estimate of drug-likeness (QED) is 0.482. The molecule has 1 heterocycles. The molecule has 1 saturated heterocycles. The molecule has 0 saturated carbocycles. The number of nitrogens with zero attached hydrogens (tertiary/aromatic N) is 3. The Hall–Kier alpha value is -1.05. The number of hydrogen-bond acceptors (Lipinski definition) is 1. The largest absolute Gasteiger partial charge is 0.371 e. The molecule has 1 fully saturated rings. The maximum atomic E-state index is 8.60. The van der Waals surface area contributed by atoms with Crippen molar-refractivity contribution in [2.75, 3.05) is 13.1 Å². The monoisotopic (exact) mass is 209 g/mol. The van der Waals surface area contributed by atoms with E-state index in [4.69, 9.17) is 17.1 Å². The summed E-state index contributed by atoms with van der Waals surface area (Å²) in [4.78, 5) is 5.44. The smallest absolute Gasteiger partial charge is 0.297 e. The number of halogens is 1.